The summed E-state index contributed by atoms with van der Waals surface area (Å²) in [6.45, 7) is 7.93. The SMILES string of the molecule is CCc1cc(C)[nH]c(=O)c1CNC(=O)c1cc(-c2cnn(C)c2)c2c(c1C)OC(C)([C@H]1CC[C@H](N(C)C)CC1)O2.Cl. The van der Waals surface area contributed by atoms with E-state index >= 15 is 0 Å². The fourth-order valence-electron chi connectivity index (χ4n) is 6.24. The third-order valence-corrected chi connectivity index (χ3v) is 8.69. The molecule has 1 aromatic carbocycles. The number of pyridine rings is 1. The molecular weight excluding hydrogens is 542 g/mol. The Hall–Kier alpha value is -3.30. The van der Waals surface area contributed by atoms with E-state index in [9.17, 15) is 9.59 Å². The van der Waals surface area contributed by atoms with Gasteiger partial charge in [0.2, 0.25) is 0 Å². The summed E-state index contributed by atoms with van der Waals surface area (Å²) < 4.78 is 15.1. The van der Waals surface area contributed by atoms with Crippen LogP contribution in [0.3, 0.4) is 0 Å². The van der Waals surface area contributed by atoms with E-state index in [0.717, 1.165) is 53.6 Å². The summed E-state index contributed by atoms with van der Waals surface area (Å²) in [6.07, 6.45) is 8.59. The van der Waals surface area contributed by atoms with Crippen LogP contribution in [-0.4, -0.2) is 51.5 Å². The molecule has 1 aliphatic heterocycles. The molecule has 5 rings (SSSR count). The number of amides is 1. The van der Waals surface area contributed by atoms with Crippen molar-refractivity contribution in [3.63, 3.8) is 0 Å². The van der Waals surface area contributed by atoms with E-state index in [-0.39, 0.29) is 36.3 Å². The van der Waals surface area contributed by atoms with E-state index in [4.69, 9.17) is 9.47 Å². The fourth-order valence-corrected chi connectivity index (χ4v) is 6.24. The van der Waals surface area contributed by atoms with Crippen molar-refractivity contribution in [2.75, 3.05) is 14.1 Å². The highest BCUT2D eigenvalue weighted by Gasteiger charge is 2.47. The topological polar surface area (TPSA) is 101 Å². The first-order valence-electron chi connectivity index (χ1n) is 14.2. The minimum Gasteiger partial charge on any atom is -0.448 e. The third-order valence-electron chi connectivity index (χ3n) is 8.69. The van der Waals surface area contributed by atoms with Crippen molar-refractivity contribution in [2.45, 2.75) is 78.2 Å². The lowest BCUT2D eigenvalue weighted by Gasteiger charge is -2.39. The number of aromatic amines is 1. The lowest BCUT2D eigenvalue weighted by atomic mass is 9.81. The molecule has 222 valence electrons. The predicted octanol–water partition coefficient (Wildman–Crippen LogP) is 4.91. The average Bonchev–Trinajstić information content (AvgIpc) is 3.52. The summed E-state index contributed by atoms with van der Waals surface area (Å²) in [7, 11) is 6.14. The van der Waals surface area contributed by atoms with E-state index in [1.54, 1.807) is 10.9 Å². The normalized spacial score (nSPS) is 21.6. The Morgan fingerprint density at radius 3 is 2.46 bits per heavy atom. The molecule has 2 aliphatic rings. The zero-order valence-corrected chi connectivity index (χ0v) is 25.9. The second kappa shape index (κ2) is 11.9. The summed E-state index contributed by atoms with van der Waals surface area (Å²) in [5.74, 6) is 0.405. The van der Waals surface area contributed by atoms with Crippen molar-refractivity contribution in [3.05, 3.63) is 62.8 Å². The van der Waals surface area contributed by atoms with Gasteiger partial charge in [-0.2, -0.15) is 5.10 Å². The highest BCUT2D eigenvalue weighted by atomic mass is 35.5. The molecule has 1 fully saturated rings. The molecule has 0 bridgehead atoms. The van der Waals surface area contributed by atoms with Crippen LogP contribution in [0.5, 0.6) is 11.5 Å². The zero-order chi connectivity index (χ0) is 28.8. The molecule has 9 nitrogen and oxygen atoms in total. The molecule has 0 radical (unpaired) electrons. The third kappa shape index (κ3) is 5.88. The first-order valence-corrected chi connectivity index (χ1v) is 14.2. The minimum absolute atomic E-state index is 0. The number of fused-ring (bicyclic) bond motifs is 1. The monoisotopic (exact) mass is 583 g/mol. The zero-order valence-electron chi connectivity index (χ0n) is 25.1. The van der Waals surface area contributed by atoms with E-state index in [0.29, 0.717) is 35.1 Å². The van der Waals surface area contributed by atoms with Crippen molar-refractivity contribution in [2.24, 2.45) is 13.0 Å². The number of ether oxygens (including phenoxy) is 2. The molecular formula is C31H42ClN5O4. The summed E-state index contributed by atoms with van der Waals surface area (Å²) in [4.78, 5) is 31.4. The molecule has 1 amide bonds. The Balaban J connectivity index is 0.00000387. The van der Waals surface area contributed by atoms with E-state index < -0.39 is 5.79 Å². The maximum atomic E-state index is 13.6. The van der Waals surface area contributed by atoms with Gasteiger partial charge >= 0.3 is 0 Å². The molecule has 1 aliphatic carbocycles. The maximum absolute atomic E-state index is 13.6. The molecule has 3 heterocycles. The highest BCUT2D eigenvalue weighted by Crippen LogP contribution is 2.52. The number of aromatic nitrogens is 3. The first kappa shape index (κ1) is 30.7. The Bertz CT molecular complexity index is 1490. The molecule has 41 heavy (non-hydrogen) atoms. The number of nitrogens with zero attached hydrogens (tertiary/aromatic N) is 3. The highest BCUT2D eigenvalue weighted by molar-refractivity contribution is 5.99. The minimum atomic E-state index is -0.818. The number of hydrogen-bond donors (Lipinski definition) is 2. The maximum Gasteiger partial charge on any atom is 0.253 e. The Labute approximate surface area is 248 Å². The smallest absolute Gasteiger partial charge is 0.253 e. The number of halogens is 1. The van der Waals surface area contributed by atoms with Crippen molar-refractivity contribution in [1.29, 1.82) is 0 Å². The van der Waals surface area contributed by atoms with E-state index in [1.807, 2.05) is 53.1 Å². The standard InChI is InChI=1S/C31H41N5O4.ClH/c1-8-20-13-18(2)34-30(38)26(20)16-32-29(37)24-14-25(21-15-33-36(7)17-21)28-27(19(24)3)39-31(4,40-28)22-9-11-23(12-10-22)35(5)6;/h13-15,17,22-23H,8-12,16H2,1-7H3,(H,32,37)(H,34,38);1H/t22-,23-,31?;. The molecule has 0 spiro atoms. The van der Waals surface area contributed by atoms with Gasteiger partial charge in [0.1, 0.15) is 0 Å². The van der Waals surface area contributed by atoms with Gasteiger partial charge in [-0.05, 0) is 77.7 Å². The van der Waals surface area contributed by atoms with Crippen LogP contribution in [0, 0.1) is 19.8 Å². The predicted molar refractivity (Wildman–Crippen MR) is 162 cm³/mol. The van der Waals surface area contributed by atoms with Gasteiger partial charge in [-0.15, -0.1) is 12.4 Å². The number of hydrogen-bond acceptors (Lipinski definition) is 6. The molecule has 2 N–H and O–H groups in total. The van der Waals surface area contributed by atoms with Gasteiger partial charge in [0.25, 0.3) is 17.3 Å². The Morgan fingerprint density at radius 2 is 1.85 bits per heavy atom. The number of nitrogens with one attached hydrogen (secondary N) is 2. The molecule has 10 heteroatoms. The van der Waals surface area contributed by atoms with Crippen LogP contribution in [-0.2, 0) is 20.0 Å². The van der Waals surface area contributed by atoms with Crippen molar-refractivity contribution >= 4 is 18.3 Å². The van der Waals surface area contributed by atoms with Gasteiger partial charge < -0.3 is 24.7 Å². The van der Waals surface area contributed by atoms with Gasteiger partial charge in [0, 0.05) is 72.2 Å². The molecule has 1 atom stereocenters. The quantitative estimate of drug-likeness (QED) is 0.410. The van der Waals surface area contributed by atoms with E-state index in [1.165, 1.54) is 0 Å². The second-order valence-electron chi connectivity index (χ2n) is 11.7. The van der Waals surface area contributed by atoms with Crippen LogP contribution in [0.25, 0.3) is 11.1 Å². The molecule has 0 saturated heterocycles. The van der Waals surface area contributed by atoms with Crippen LogP contribution >= 0.6 is 12.4 Å². The summed E-state index contributed by atoms with van der Waals surface area (Å²) in [5.41, 5.74) is 4.97. The second-order valence-corrected chi connectivity index (χ2v) is 11.7. The van der Waals surface area contributed by atoms with Crippen LogP contribution in [0.1, 0.15) is 72.3 Å². The van der Waals surface area contributed by atoms with Gasteiger partial charge in [-0.3, -0.25) is 14.3 Å². The van der Waals surface area contributed by atoms with Crippen LogP contribution in [0.15, 0.2) is 29.3 Å². The van der Waals surface area contributed by atoms with Gasteiger partial charge in [-0.1, -0.05) is 6.92 Å². The molecule has 1 unspecified atom stereocenters. The number of carbonyl (C=O) groups is 1. The van der Waals surface area contributed by atoms with E-state index in [2.05, 4.69) is 34.4 Å². The van der Waals surface area contributed by atoms with Gasteiger partial charge in [0.05, 0.1) is 6.20 Å². The van der Waals surface area contributed by atoms with Crippen LogP contribution < -0.4 is 20.3 Å². The van der Waals surface area contributed by atoms with Crippen LogP contribution in [0.2, 0.25) is 0 Å². The van der Waals surface area contributed by atoms with Crippen molar-refractivity contribution in [1.82, 2.24) is 25.0 Å². The number of rotatable bonds is 7. The largest absolute Gasteiger partial charge is 0.448 e. The number of benzene rings is 1. The summed E-state index contributed by atoms with van der Waals surface area (Å²) in [5, 5.41) is 7.34. The van der Waals surface area contributed by atoms with Crippen LogP contribution in [0.4, 0.5) is 0 Å². The Kier molecular flexibility index (Phi) is 8.90. The van der Waals surface area contributed by atoms with Gasteiger partial charge in [0.15, 0.2) is 11.5 Å². The molecule has 2 aromatic heterocycles. The summed E-state index contributed by atoms with van der Waals surface area (Å²) >= 11 is 0. The average molecular weight is 584 g/mol. The first-order chi connectivity index (χ1) is 19.0. The Morgan fingerprint density at radius 1 is 1.17 bits per heavy atom. The molecule has 1 saturated carbocycles. The number of carbonyl (C=O) groups excluding carboxylic acids is 1. The lowest BCUT2D eigenvalue weighted by molar-refractivity contribution is -0.123. The van der Waals surface area contributed by atoms with Gasteiger partial charge in [-0.25, -0.2) is 0 Å². The summed E-state index contributed by atoms with van der Waals surface area (Å²) in [6, 6.07) is 4.39. The number of aryl methyl sites for hydroxylation is 3. The fraction of sp³-hybridized carbons (Fsp3) is 0.516. The number of H-pyrrole nitrogens is 1. The molecule has 3 aromatic rings. The van der Waals surface area contributed by atoms with Crippen molar-refractivity contribution in [3.8, 4) is 22.6 Å². The lowest BCUT2D eigenvalue weighted by Crippen LogP contribution is -2.46. The van der Waals surface area contributed by atoms with Crippen molar-refractivity contribution < 1.29 is 14.3 Å².